The van der Waals surface area contributed by atoms with Gasteiger partial charge in [0.15, 0.2) is 5.82 Å². The van der Waals surface area contributed by atoms with Gasteiger partial charge in [-0.15, -0.1) is 0 Å². The summed E-state index contributed by atoms with van der Waals surface area (Å²) in [6.45, 7) is 7.38. The number of imidazole rings is 1. The highest BCUT2D eigenvalue weighted by atomic mass is 32.2. The Bertz CT molecular complexity index is 618. The number of fused-ring (bicyclic) bond motifs is 1. The van der Waals surface area contributed by atoms with E-state index in [-0.39, 0.29) is 0 Å². The fourth-order valence-electron chi connectivity index (χ4n) is 2.68. The van der Waals surface area contributed by atoms with Gasteiger partial charge in [-0.25, -0.2) is 9.97 Å². The highest BCUT2D eigenvalue weighted by molar-refractivity contribution is 7.98. The van der Waals surface area contributed by atoms with Gasteiger partial charge in [0.2, 0.25) is 0 Å². The van der Waals surface area contributed by atoms with Gasteiger partial charge >= 0.3 is 0 Å². The molecule has 0 saturated heterocycles. The molecule has 2 aromatic rings. The molecule has 116 valence electrons. The maximum absolute atomic E-state index is 6.10. The Kier molecular flexibility index (Phi) is 5.51. The van der Waals surface area contributed by atoms with Gasteiger partial charge in [0.05, 0.1) is 5.52 Å². The van der Waals surface area contributed by atoms with E-state index in [1.165, 1.54) is 23.3 Å². The number of nitrogen functional groups attached to an aromatic ring is 1. The van der Waals surface area contributed by atoms with Crippen molar-refractivity contribution >= 4 is 28.6 Å². The first-order valence-electron chi connectivity index (χ1n) is 7.70. The van der Waals surface area contributed by atoms with Gasteiger partial charge in [0.1, 0.15) is 11.3 Å². The third-order valence-corrected chi connectivity index (χ3v) is 4.66. The highest BCUT2D eigenvalue weighted by Gasteiger charge is 2.16. The van der Waals surface area contributed by atoms with Crippen molar-refractivity contribution < 1.29 is 0 Å². The van der Waals surface area contributed by atoms with Crippen LogP contribution in [0, 0.1) is 13.8 Å². The van der Waals surface area contributed by atoms with E-state index in [0.29, 0.717) is 5.82 Å². The zero-order chi connectivity index (χ0) is 15.4. The molecule has 0 radical (unpaired) electrons. The topological polar surface area (TPSA) is 56.7 Å². The van der Waals surface area contributed by atoms with Crippen molar-refractivity contribution in [3.05, 3.63) is 17.1 Å². The average Bonchev–Trinajstić information content (AvgIpc) is 2.82. The number of hydrogen-bond acceptors (Lipinski definition) is 4. The Labute approximate surface area is 131 Å². The maximum Gasteiger partial charge on any atom is 0.151 e. The van der Waals surface area contributed by atoms with Crippen LogP contribution in [0.3, 0.4) is 0 Å². The first kappa shape index (κ1) is 16.1. The zero-order valence-electron chi connectivity index (χ0n) is 13.6. The quantitative estimate of drug-likeness (QED) is 0.792. The van der Waals surface area contributed by atoms with Crippen LogP contribution in [0.4, 0.5) is 5.82 Å². The van der Waals surface area contributed by atoms with Crippen LogP contribution in [0.25, 0.3) is 11.0 Å². The first-order chi connectivity index (χ1) is 10.1. The molecule has 0 bridgehead atoms. The Morgan fingerprint density at radius 3 is 2.62 bits per heavy atom. The molecule has 2 N–H and O–H groups in total. The normalized spacial score (nSPS) is 11.4. The molecule has 2 aromatic heterocycles. The smallest absolute Gasteiger partial charge is 0.151 e. The second-order valence-corrected chi connectivity index (χ2v) is 6.52. The Balaban J connectivity index is 2.52. The van der Waals surface area contributed by atoms with Gasteiger partial charge in [-0.3, -0.25) is 0 Å². The summed E-state index contributed by atoms with van der Waals surface area (Å²) in [6, 6.07) is 0. The van der Waals surface area contributed by atoms with Crippen molar-refractivity contribution in [2.75, 3.05) is 17.7 Å². The van der Waals surface area contributed by atoms with E-state index in [4.69, 9.17) is 10.7 Å². The number of nitrogens with two attached hydrogens (primary N) is 1. The van der Waals surface area contributed by atoms with Crippen LogP contribution in [0.1, 0.15) is 43.3 Å². The lowest BCUT2D eigenvalue weighted by Crippen LogP contribution is -2.06. The molecule has 2 heterocycles. The molecule has 0 amide bonds. The van der Waals surface area contributed by atoms with Crippen LogP contribution in [-0.2, 0) is 13.0 Å². The van der Waals surface area contributed by atoms with Gasteiger partial charge < -0.3 is 10.3 Å². The van der Waals surface area contributed by atoms with Gasteiger partial charge in [-0.1, -0.05) is 13.3 Å². The third-order valence-electron chi connectivity index (χ3n) is 3.96. The molecule has 0 spiro atoms. The largest absolute Gasteiger partial charge is 0.382 e. The molecule has 2 rings (SSSR count). The Morgan fingerprint density at radius 2 is 1.95 bits per heavy atom. The van der Waals surface area contributed by atoms with Crippen molar-refractivity contribution in [3.63, 3.8) is 0 Å². The predicted molar refractivity (Wildman–Crippen MR) is 93.0 cm³/mol. The summed E-state index contributed by atoms with van der Waals surface area (Å²) in [7, 11) is 0. The summed E-state index contributed by atoms with van der Waals surface area (Å²) >= 11 is 1.89. The SMILES string of the molecule is CCCCc1nc2c(N)nc(C)c(C)c2n1CCCSC. The molecule has 0 atom stereocenters. The molecule has 0 aliphatic rings. The number of pyridine rings is 1. The van der Waals surface area contributed by atoms with Crippen LogP contribution in [0.2, 0.25) is 0 Å². The number of anilines is 1. The molecule has 0 fully saturated rings. The van der Waals surface area contributed by atoms with Crippen LogP contribution >= 0.6 is 11.8 Å². The molecule has 4 nitrogen and oxygen atoms in total. The van der Waals surface area contributed by atoms with Crippen LogP contribution < -0.4 is 5.73 Å². The second kappa shape index (κ2) is 7.16. The lowest BCUT2D eigenvalue weighted by Gasteiger charge is -2.11. The van der Waals surface area contributed by atoms with Gasteiger partial charge in [0, 0.05) is 18.7 Å². The van der Waals surface area contributed by atoms with E-state index in [1.54, 1.807) is 0 Å². The number of unbranched alkanes of at least 4 members (excludes halogenated alkanes) is 1. The lowest BCUT2D eigenvalue weighted by atomic mass is 10.2. The number of nitrogens with zero attached hydrogens (tertiary/aromatic N) is 3. The maximum atomic E-state index is 6.10. The summed E-state index contributed by atoms with van der Waals surface area (Å²) in [5.41, 5.74) is 10.4. The Morgan fingerprint density at radius 1 is 1.19 bits per heavy atom. The molecule has 0 unspecified atom stereocenters. The minimum Gasteiger partial charge on any atom is -0.382 e. The van der Waals surface area contributed by atoms with Gasteiger partial charge in [0.25, 0.3) is 0 Å². The van der Waals surface area contributed by atoms with E-state index in [2.05, 4.69) is 29.7 Å². The lowest BCUT2D eigenvalue weighted by molar-refractivity contribution is 0.636. The molecule has 5 heteroatoms. The number of rotatable bonds is 7. The summed E-state index contributed by atoms with van der Waals surface area (Å²) in [4.78, 5) is 9.23. The average molecular weight is 306 g/mol. The molecule has 21 heavy (non-hydrogen) atoms. The second-order valence-electron chi connectivity index (χ2n) is 5.53. The number of aryl methyl sites for hydroxylation is 4. The summed E-state index contributed by atoms with van der Waals surface area (Å²) in [5, 5.41) is 0. The first-order valence-corrected chi connectivity index (χ1v) is 9.10. The van der Waals surface area contributed by atoms with E-state index in [1.807, 2.05) is 18.7 Å². The van der Waals surface area contributed by atoms with E-state index in [0.717, 1.165) is 42.8 Å². The van der Waals surface area contributed by atoms with E-state index in [9.17, 15) is 0 Å². The molecular formula is C16H26N4S. The molecule has 0 aromatic carbocycles. The van der Waals surface area contributed by atoms with E-state index >= 15 is 0 Å². The number of aromatic nitrogens is 3. The fraction of sp³-hybridized carbons (Fsp3) is 0.625. The zero-order valence-corrected chi connectivity index (χ0v) is 14.4. The van der Waals surface area contributed by atoms with E-state index < -0.39 is 0 Å². The van der Waals surface area contributed by atoms with Crippen LogP contribution in [0.15, 0.2) is 0 Å². The monoisotopic (exact) mass is 306 g/mol. The predicted octanol–water partition coefficient (Wildman–Crippen LogP) is 3.73. The minimum absolute atomic E-state index is 0.564. The minimum atomic E-state index is 0.564. The molecule has 0 saturated carbocycles. The van der Waals surface area contributed by atoms with Gasteiger partial charge in [-0.05, 0) is 44.3 Å². The fourth-order valence-corrected chi connectivity index (χ4v) is 3.10. The summed E-state index contributed by atoms with van der Waals surface area (Å²) in [6.07, 6.45) is 6.67. The van der Waals surface area contributed by atoms with Gasteiger partial charge in [-0.2, -0.15) is 11.8 Å². The van der Waals surface area contributed by atoms with Crippen molar-refractivity contribution in [1.29, 1.82) is 0 Å². The summed E-state index contributed by atoms with van der Waals surface area (Å²) in [5.74, 6) is 2.90. The van der Waals surface area contributed by atoms with Crippen molar-refractivity contribution in [2.24, 2.45) is 0 Å². The Hall–Kier alpha value is -1.23. The molecular weight excluding hydrogens is 280 g/mol. The van der Waals surface area contributed by atoms with Crippen molar-refractivity contribution in [1.82, 2.24) is 14.5 Å². The number of thioether (sulfide) groups is 1. The van der Waals surface area contributed by atoms with Crippen molar-refractivity contribution in [3.8, 4) is 0 Å². The third kappa shape index (κ3) is 3.34. The standard InChI is InChI=1S/C16H26N4S/c1-5-6-8-13-19-14-15(20(13)9-7-10-21-4)11(2)12(3)18-16(14)17/h5-10H2,1-4H3,(H2,17,18). The van der Waals surface area contributed by atoms with Crippen molar-refractivity contribution in [2.45, 2.75) is 53.0 Å². The van der Waals surface area contributed by atoms with Crippen LogP contribution in [-0.4, -0.2) is 26.5 Å². The van der Waals surface area contributed by atoms with Crippen LogP contribution in [0.5, 0.6) is 0 Å². The highest BCUT2D eigenvalue weighted by Crippen LogP contribution is 2.27. The molecule has 0 aliphatic heterocycles. The molecule has 0 aliphatic carbocycles. The summed E-state index contributed by atoms with van der Waals surface area (Å²) < 4.78 is 2.38. The number of hydrogen-bond donors (Lipinski definition) is 1.